The van der Waals surface area contributed by atoms with Crippen molar-refractivity contribution < 1.29 is 19.1 Å². The van der Waals surface area contributed by atoms with E-state index in [0.717, 1.165) is 55.7 Å². The molecule has 3 aromatic heterocycles. The maximum Gasteiger partial charge on any atom is 0.220 e. The van der Waals surface area contributed by atoms with Crippen LogP contribution < -0.4 is 16.0 Å². The van der Waals surface area contributed by atoms with Gasteiger partial charge in [-0.2, -0.15) is 5.26 Å². The van der Waals surface area contributed by atoms with Crippen LogP contribution >= 0.6 is 11.3 Å². The third-order valence-corrected chi connectivity index (χ3v) is 11.7. The van der Waals surface area contributed by atoms with Gasteiger partial charge in [0.1, 0.15) is 34.9 Å². The Balaban J connectivity index is 1.42. The second-order valence-electron chi connectivity index (χ2n) is 14.3. The van der Waals surface area contributed by atoms with E-state index in [2.05, 4.69) is 47.2 Å². The quantitative estimate of drug-likeness (QED) is 0.241. The molecule has 4 aliphatic heterocycles. The second kappa shape index (κ2) is 13.5. The predicted molar refractivity (Wildman–Crippen MR) is 189 cm³/mol. The number of nitrogens with one attached hydrogen (secondary N) is 2. The topological polar surface area (TPSA) is 183 Å². The molecule has 262 valence electrons. The van der Waals surface area contributed by atoms with Gasteiger partial charge >= 0.3 is 0 Å². The predicted octanol–water partition coefficient (Wildman–Crippen LogP) is 4.82. The first kappa shape index (κ1) is 33.7. The number of unbranched alkanes of at least 4 members (excludes halogenated alkanes) is 1. The Morgan fingerprint density at radius 2 is 2.00 bits per heavy atom. The van der Waals surface area contributed by atoms with Gasteiger partial charge in [-0.1, -0.05) is 31.8 Å². The average Bonchev–Trinajstić information content (AvgIpc) is 3.74. The maximum atomic E-state index is 11.3. The lowest BCUT2D eigenvalue weighted by Gasteiger charge is -2.42. The summed E-state index contributed by atoms with van der Waals surface area (Å²) in [6, 6.07) is 2.41. The van der Waals surface area contributed by atoms with Gasteiger partial charge in [0.05, 0.1) is 42.0 Å². The molecule has 5 atom stereocenters. The van der Waals surface area contributed by atoms with Crippen LogP contribution in [-0.2, 0) is 22.3 Å². The molecule has 5 unspecified atom stereocenters. The number of likely N-dealkylation sites (N-methyl/N-ethyl adjacent to an activating group) is 1. The highest BCUT2D eigenvalue weighted by Gasteiger charge is 2.44. The monoisotopic (exact) mass is 689 g/mol. The van der Waals surface area contributed by atoms with Gasteiger partial charge in [-0.25, -0.2) is 9.97 Å². The fourth-order valence-corrected chi connectivity index (χ4v) is 9.21. The first-order chi connectivity index (χ1) is 23.6. The SMILES string of the molecule is CCCCc1c(-c2nc(NC3COCC4CCN(C)C43)c3c(n2)N2CC(C)(O)CCC2COC3=N)noc1-c1c(CCC)sc(N)c1C#N. The number of nitrogen functional groups attached to an aromatic ring is 1. The van der Waals surface area contributed by atoms with Crippen molar-refractivity contribution in [3.05, 3.63) is 21.6 Å². The van der Waals surface area contributed by atoms with Crippen molar-refractivity contribution in [3.63, 3.8) is 0 Å². The summed E-state index contributed by atoms with van der Waals surface area (Å²) in [6.07, 6.45) is 6.49. The number of piperidine rings is 1. The molecule has 0 amide bonds. The van der Waals surface area contributed by atoms with E-state index in [1.165, 1.54) is 11.3 Å². The number of rotatable bonds is 9. The van der Waals surface area contributed by atoms with Crippen LogP contribution in [0.3, 0.4) is 0 Å². The largest absolute Gasteiger partial charge is 0.475 e. The van der Waals surface area contributed by atoms with Crippen LogP contribution in [0.2, 0.25) is 0 Å². The molecule has 7 rings (SSSR count). The minimum atomic E-state index is -0.939. The van der Waals surface area contributed by atoms with Crippen LogP contribution in [0.25, 0.3) is 22.8 Å². The third-order valence-electron chi connectivity index (χ3n) is 10.6. The highest BCUT2D eigenvalue weighted by Crippen LogP contribution is 2.44. The Kier molecular flexibility index (Phi) is 9.29. The first-order valence-corrected chi connectivity index (χ1v) is 18.4. The number of ether oxygens (including phenoxy) is 2. The molecule has 0 bridgehead atoms. The fourth-order valence-electron chi connectivity index (χ4n) is 8.09. The number of nitrogens with two attached hydrogens (primary N) is 1. The van der Waals surface area contributed by atoms with Gasteiger partial charge in [-0.3, -0.25) is 5.41 Å². The molecule has 3 saturated heterocycles. The molecule has 3 fully saturated rings. The van der Waals surface area contributed by atoms with Crippen molar-refractivity contribution >= 4 is 33.9 Å². The summed E-state index contributed by atoms with van der Waals surface area (Å²) in [5, 5.41) is 39.3. The van der Waals surface area contributed by atoms with Crippen LogP contribution in [0, 0.1) is 22.7 Å². The van der Waals surface area contributed by atoms with Crippen molar-refractivity contribution in [2.75, 3.05) is 55.9 Å². The van der Waals surface area contributed by atoms with E-state index in [4.69, 9.17) is 35.1 Å². The molecule has 13 nitrogen and oxygen atoms in total. The number of anilines is 3. The Morgan fingerprint density at radius 1 is 1.16 bits per heavy atom. The van der Waals surface area contributed by atoms with Gasteiger partial charge in [0, 0.05) is 28.9 Å². The van der Waals surface area contributed by atoms with Crippen LogP contribution in [0.4, 0.5) is 16.6 Å². The number of nitriles is 1. The van der Waals surface area contributed by atoms with E-state index in [9.17, 15) is 10.4 Å². The lowest BCUT2D eigenvalue weighted by atomic mass is 9.90. The molecular formula is C35H47N9O4S. The van der Waals surface area contributed by atoms with Gasteiger partial charge < -0.3 is 40.0 Å². The Labute approximate surface area is 291 Å². The van der Waals surface area contributed by atoms with E-state index in [0.29, 0.717) is 95.5 Å². The fraction of sp³-hybridized carbons (Fsp3) is 0.629. The van der Waals surface area contributed by atoms with Gasteiger partial charge in [0.25, 0.3) is 0 Å². The average molecular weight is 690 g/mol. The van der Waals surface area contributed by atoms with Gasteiger partial charge in [0.15, 0.2) is 17.3 Å². The number of aromatic nitrogens is 3. The summed E-state index contributed by atoms with van der Waals surface area (Å²) < 4.78 is 18.3. The van der Waals surface area contributed by atoms with Crippen molar-refractivity contribution in [3.8, 4) is 28.9 Å². The second-order valence-corrected chi connectivity index (χ2v) is 15.4. The molecule has 14 heteroatoms. The zero-order valence-electron chi connectivity index (χ0n) is 28.8. The summed E-state index contributed by atoms with van der Waals surface area (Å²) >= 11 is 1.43. The van der Waals surface area contributed by atoms with Crippen molar-refractivity contribution in [2.45, 2.75) is 95.9 Å². The van der Waals surface area contributed by atoms with Gasteiger partial charge in [-0.15, -0.1) is 11.3 Å². The number of aliphatic hydroxyl groups is 1. The van der Waals surface area contributed by atoms with E-state index in [1.54, 1.807) is 0 Å². The molecule has 49 heavy (non-hydrogen) atoms. The highest BCUT2D eigenvalue weighted by atomic mass is 32.1. The summed E-state index contributed by atoms with van der Waals surface area (Å²) in [6.45, 7) is 8.95. The number of thiophene rings is 1. The molecule has 0 aliphatic carbocycles. The molecule has 0 radical (unpaired) electrons. The van der Waals surface area contributed by atoms with E-state index >= 15 is 0 Å². The van der Waals surface area contributed by atoms with Gasteiger partial charge in [0.2, 0.25) is 5.90 Å². The standard InChI is InChI=1S/C35H47N9O4S/c1-5-7-9-21-27(42-48-29(21)25-22(14-36)31(38)49-24(25)8-6-2)33-40-32(39-23-17-46-15-19-11-13-43(4)28(19)23)26-30(37)47-16-20-10-12-35(3,45)18-44(20)34(26)41-33/h19-20,23,28,37,45H,5-13,15-18,38H2,1-4H3,(H,39,40,41). The van der Waals surface area contributed by atoms with Crippen LogP contribution in [0.15, 0.2) is 4.52 Å². The van der Waals surface area contributed by atoms with Crippen LogP contribution in [0.5, 0.6) is 0 Å². The molecule has 3 aromatic rings. The van der Waals surface area contributed by atoms with Crippen molar-refractivity contribution in [1.29, 1.82) is 10.7 Å². The highest BCUT2D eigenvalue weighted by molar-refractivity contribution is 7.16. The van der Waals surface area contributed by atoms with Crippen molar-refractivity contribution in [1.82, 2.24) is 20.0 Å². The van der Waals surface area contributed by atoms with E-state index in [1.807, 2.05) is 6.92 Å². The Morgan fingerprint density at radius 3 is 2.78 bits per heavy atom. The molecule has 7 heterocycles. The minimum absolute atomic E-state index is 0.00480. The number of fused-ring (bicyclic) bond motifs is 4. The van der Waals surface area contributed by atoms with E-state index in [-0.39, 0.29) is 24.0 Å². The normalized spacial score (nSPS) is 26.8. The first-order valence-electron chi connectivity index (χ1n) is 17.6. The zero-order valence-corrected chi connectivity index (χ0v) is 29.7. The smallest absolute Gasteiger partial charge is 0.220 e. The molecule has 0 saturated carbocycles. The molecule has 0 aromatic carbocycles. The van der Waals surface area contributed by atoms with Crippen LogP contribution in [-0.4, -0.2) is 94.7 Å². The molecule has 5 N–H and O–H groups in total. The Bertz CT molecular complexity index is 1760. The minimum Gasteiger partial charge on any atom is -0.475 e. The molecular weight excluding hydrogens is 643 g/mol. The summed E-state index contributed by atoms with van der Waals surface area (Å²) in [4.78, 5) is 15.7. The molecule has 4 aliphatic rings. The number of hydrogen-bond acceptors (Lipinski definition) is 14. The maximum absolute atomic E-state index is 11.3. The van der Waals surface area contributed by atoms with Crippen molar-refractivity contribution in [2.24, 2.45) is 5.92 Å². The summed E-state index contributed by atoms with van der Waals surface area (Å²) in [7, 11) is 2.15. The van der Waals surface area contributed by atoms with E-state index < -0.39 is 5.60 Å². The molecule has 0 spiro atoms. The lowest BCUT2D eigenvalue weighted by molar-refractivity contribution is 0.0176. The number of aryl methyl sites for hydroxylation is 1. The van der Waals surface area contributed by atoms with Crippen LogP contribution in [0.1, 0.15) is 80.9 Å². The zero-order chi connectivity index (χ0) is 34.4. The van der Waals surface area contributed by atoms with Gasteiger partial charge in [-0.05, 0) is 59.0 Å². The third kappa shape index (κ3) is 6.15. The number of hydrogen-bond donors (Lipinski definition) is 4. The number of nitrogens with zero attached hydrogens (tertiary/aromatic N) is 6. The summed E-state index contributed by atoms with van der Waals surface area (Å²) in [5.41, 5.74) is 8.34. The summed E-state index contributed by atoms with van der Waals surface area (Å²) in [5.74, 6) is 2.29. The lowest BCUT2D eigenvalue weighted by Crippen LogP contribution is -2.53. The Hall–Kier alpha value is -3.77. The number of likely N-dealkylation sites (tertiary alicyclic amines) is 1.